The van der Waals surface area contributed by atoms with E-state index in [1.807, 2.05) is 0 Å². The Labute approximate surface area is 173 Å². The normalized spacial score (nSPS) is 13.0. The van der Waals surface area contributed by atoms with Gasteiger partial charge in [-0.1, -0.05) is 24.3 Å². The molecule has 0 saturated carbocycles. The zero-order valence-electron chi connectivity index (χ0n) is 15.4. The number of carboxylic acids is 1. The molecule has 0 amide bonds. The van der Waals surface area contributed by atoms with E-state index in [4.69, 9.17) is 5.11 Å². The second kappa shape index (κ2) is 8.36. The lowest BCUT2D eigenvalue weighted by Gasteiger charge is -2.38. The van der Waals surface area contributed by atoms with Crippen molar-refractivity contribution < 1.29 is 58.9 Å². The Hall–Kier alpha value is -3.25. The standard InChI is InChI=1S/C19H11F9O4/c20-16(21,22)8-11-7-13(5-6-14(11)32-9-29)17(18(23,24)25,19(26,27)28)12-3-1-10(2-4-12)15(30)31/h1-7,9H,8H2,(H,30,31). The van der Waals surface area contributed by atoms with Crippen LogP contribution in [0.3, 0.4) is 0 Å². The molecule has 4 nitrogen and oxygen atoms in total. The Morgan fingerprint density at radius 1 is 0.844 bits per heavy atom. The first-order valence-electron chi connectivity index (χ1n) is 8.32. The number of carbonyl (C=O) groups is 2. The second-order valence-corrected chi connectivity index (χ2v) is 6.46. The van der Waals surface area contributed by atoms with Gasteiger partial charge in [0.2, 0.25) is 5.41 Å². The van der Waals surface area contributed by atoms with Crippen LogP contribution in [0.5, 0.6) is 5.75 Å². The number of ether oxygens (including phenoxy) is 1. The number of halogens is 9. The van der Waals surface area contributed by atoms with Crippen LogP contribution in [0, 0.1) is 0 Å². The van der Waals surface area contributed by atoms with Crippen molar-refractivity contribution in [1.82, 2.24) is 0 Å². The van der Waals surface area contributed by atoms with Crippen LogP contribution in [0.2, 0.25) is 0 Å². The van der Waals surface area contributed by atoms with E-state index < -0.39 is 64.3 Å². The third-order valence-corrected chi connectivity index (χ3v) is 4.47. The summed E-state index contributed by atoms with van der Waals surface area (Å²) in [7, 11) is 0. The van der Waals surface area contributed by atoms with Crippen LogP contribution < -0.4 is 4.74 Å². The fourth-order valence-corrected chi connectivity index (χ4v) is 3.18. The zero-order valence-corrected chi connectivity index (χ0v) is 15.4. The van der Waals surface area contributed by atoms with Gasteiger partial charge in [-0.2, -0.15) is 39.5 Å². The number of benzene rings is 2. The van der Waals surface area contributed by atoms with Gasteiger partial charge in [-0.05, 0) is 29.3 Å². The van der Waals surface area contributed by atoms with Crippen LogP contribution >= 0.6 is 0 Å². The molecular formula is C19H11F9O4. The van der Waals surface area contributed by atoms with Crippen molar-refractivity contribution in [2.45, 2.75) is 30.4 Å². The molecule has 1 N–H and O–H groups in total. The lowest BCUT2D eigenvalue weighted by molar-refractivity contribution is -0.288. The lowest BCUT2D eigenvalue weighted by Crippen LogP contribution is -2.54. The van der Waals surface area contributed by atoms with Crippen LogP contribution in [0.4, 0.5) is 39.5 Å². The molecule has 32 heavy (non-hydrogen) atoms. The van der Waals surface area contributed by atoms with Gasteiger partial charge in [0.25, 0.3) is 6.47 Å². The number of aromatic carboxylic acids is 1. The molecule has 0 aliphatic carbocycles. The molecule has 2 aromatic rings. The number of carboxylic acid groups (broad SMARTS) is 1. The summed E-state index contributed by atoms with van der Waals surface area (Å²) in [6.45, 7) is -0.333. The summed E-state index contributed by atoms with van der Waals surface area (Å²) in [6.07, 6.45) is -19.3. The molecule has 0 bridgehead atoms. The number of alkyl halides is 9. The fourth-order valence-electron chi connectivity index (χ4n) is 3.18. The van der Waals surface area contributed by atoms with Gasteiger partial charge in [0.05, 0.1) is 12.0 Å². The minimum Gasteiger partial charge on any atom is -0.478 e. The van der Waals surface area contributed by atoms with E-state index in [0.29, 0.717) is 18.2 Å². The van der Waals surface area contributed by atoms with Gasteiger partial charge >= 0.3 is 24.5 Å². The van der Waals surface area contributed by atoms with Crippen LogP contribution in [0.1, 0.15) is 27.0 Å². The highest BCUT2D eigenvalue weighted by Gasteiger charge is 2.72. The second-order valence-electron chi connectivity index (χ2n) is 6.46. The monoisotopic (exact) mass is 474 g/mol. The first kappa shape index (κ1) is 25.0. The first-order valence-corrected chi connectivity index (χ1v) is 8.32. The molecule has 0 fully saturated rings. The van der Waals surface area contributed by atoms with Gasteiger partial charge in [-0.15, -0.1) is 0 Å². The van der Waals surface area contributed by atoms with Crippen molar-refractivity contribution in [3.05, 3.63) is 64.7 Å². The Morgan fingerprint density at radius 2 is 1.34 bits per heavy atom. The molecule has 0 atom stereocenters. The quantitative estimate of drug-likeness (QED) is 0.448. The molecular weight excluding hydrogens is 463 g/mol. The van der Waals surface area contributed by atoms with Crippen LogP contribution in [-0.4, -0.2) is 36.1 Å². The summed E-state index contributed by atoms with van der Waals surface area (Å²) in [6, 6.07) is 2.22. The third kappa shape index (κ3) is 4.65. The van der Waals surface area contributed by atoms with E-state index in [9.17, 15) is 49.1 Å². The summed E-state index contributed by atoms with van der Waals surface area (Å²) in [5, 5.41) is 8.85. The summed E-state index contributed by atoms with van der Waals surface area (Å²) < 4.78 is 127. The Balaban J connectivity index is 2.90. The predicted octanol–water partition coefficient (Wildman–Crippen LogP) is 5.44. The highest BCUT2D eigenvalue weighted by Crippen LogP contribution is 2.56. The summed E-state index contributed by atoms with van der Waals surface area (Å²) in [5.41, 5.74) is -9.65. The highest BCUT2D eigenvalue weighted by atomic mass is 19.4. The number of hydrogen-bond donors (Lipinski definition) is 1. The van der Waals surface area contributed by atoms with Gasteiger partial charge in [0, 0.05) is 5.56 Å². The predicted molar refractivity (Wildman–Crippen MR) is 89.2 cm³/mol. The molecule has 2 rings (SSSR count). The first-order chi connectivity index (χ1) is 14.5. The summed E-state index contributed by atoms with van der Waals surface area (Å²) in [4.78, 5) is 21.4. The highest BCUT2D eigenvalue weighted by molar-refractivity contribution is 5.87. The lowest BCUT2D eigenvalue weighted by atomic mass is 9.72. The molecule has 0 saturated heterocycles. The van der Waals surface area contributed by atoms with Gasteiger partial charge in [-0.25, -0.2) is 4.79 Å². The average Bonchev–Trinajstić information content (AvgIpc) is 2.61. The summed E-state index contributed by atoms with van der Waals surface area (Å²) in [5.74, 6) is -2.50. The van der Waals surface area contributed by atoms with E-state index >= 15 is 0 Å². The zero-order chi connectivity index (χ0) is 24.5. The smallest absolute Gasteiger partial charge is 0.411 e. The van der Waals surface area contributed by atoms with Gasteiger partial charge in [-0.3, -0.25) is 4.79 Å². The Morgan fingerprint density at radius 3 is 1.75 bits per heavy atom. The Kier molecular flexibility index (Phi) is 6.53. The van der Waals surface area contributed by atoms with E-state index in [1.165, 1.54) is 0 Å². The molecule has 0 spiro atoms. The van der Waals surface area contributed by atoms with Crippen LogP contribution in [0.15, 0.2) is 42.5 Å². The minimum atomic E-state index is -6.11. The maximum Gasteiger partial charge on any atom is 0.411 e. The number of hydrogen-bond acceptors (Lipinski definition) is 3. The molecule has 174 valence electrons. The molecule has 0 aromatic heterocycles. The number of rotatable bonds is 6. The maximum absolute atomic E-state index is 14.1. The van der Waals surface area contributed by atoms with Crippen molar-refractivity contribution in [3.8, 4) is 5.75 Å². The number of carbonyl (C=O) groups excluding carboxylic acids is 1. The van der Waals surface area contributed by atoms with Crippen molar-refractivity contribution in [1.29, 1.82) is 0 Å². The topological polar surface area (TPSA) is 63.6 Å². The molecule has 0 aliphatic rings. The molecule has 0 unspecified atom stereocenters. The summed E-state index contributed by atoms with van der Waals surface area (Å²) >= 11 is 0. The van der Waals surface area contributed by atoms with Crippen molar-refractivity contribution in [3.63, 3.8) is 0 Å². The van der Waals surface area contributed by atoms with Crippen LogP contribution in [0.25, 0.3) is 0 Å². The van der Waals surface area contributed by atoms with Crippen molar-refractivity contribution in [2.24, 2.45) is 0 Å². The van der Waals surface area contributed by atoms with E-state index in [0.717, 1.165) is 0 Å². The van der Waals surface area contributed by atoms with Gasteiger partial charge in [0.15, 0.2) is 0 Å². The Bertz CT molecular complexity index is 976. The van der Waals surface area contributed by atoms with Gasteiger partial charge in [0.1, 0.15) is 5.75 Å². The van der Waals surface area contributed by atoms with Crippen molar-refractivity contribution in [2.75, 3.05) is 0 Å². The van der Waals surface area contributed by atoms with E-state index in [2.05, 4.69) is 4.74 Å². The maximum atomic E-state index is 14.1. The van der Waals surface area contributed by atoms with Crippen LogP contribution in [-0.2, 0) is 16.6 Å². The third-order valence-electron chi connectivity index (χ3n) is 4.47. The molecule has 0 radical (unpaired) electrons. The molecule has 13 heteroatoms. The molecule has 0 heterocycles. The molecule has 0 aliphatic heterocycles. The van der Waals surface area contributed by atoms with Crippen molar-refractivity contribution >= 4 is 12.4 Å². The van der Waals surface area contributed by atoms with E-state index in [1.54, 1.807) is 0 Å². The fraction of sp³-hybridized carbons (Fsp3) is 0.263. The van der Waals surface area contributed by atoms with E-state index in [-0.39, 0.29) is 30.7 Å². The molecule has 2 aromatic carbocycles. The SMILES string of the molecule is O=COc1ccc(C(c2ccc(C(=O)O)cc2)(C(F)(F)F)C(F)(F)F)cc1CC(F)(F)F. The minimum absolute atomic E-state index is 0.0123. The average molecular weight is 474 g/mol. The van der Waals surface area contributed by atoms with Gasteiger partial charge < -0.3 is 9.84 Å². The largest absolute Gasteiger partial charge is 0.478 e.